The number of esters is 4. The monoisotopic (exact) mass is 519 g/mol. The fourth-order valence-electron chi connectivity index (χ4n) is 2.93. The molecule has 1 heterocycles. The van der Waals surface area contributed by atoms with Crippen molar-refractivity contribution in [1.82, 2.24) is 5.32 Å². The van der Waals surface area contributed by atoms with Crippen LogP contribution in [0.1, 0.15) is 48.1 Å². The first-order valence-electron chi connectivity index (χ1n) is 11.0. The number of methoxy groups -OCH3 is 3. The quantitative estimate of drug-likeness (QED) is 0.363. The molecule has 0 bridgehead atoms. The molecule has 12 nitrogen and oxygen atoms in total. The van der Waals surface area contributed by atoms with Crippen molar-refractivity contribution >= 4 is 29.8 Å². The highest BCUT2D eigenvalue weighted by Crippen LogP contribution is 2.30. The number of carbonyl (C=O) groups is 5. The maximum Gasteiger partial charge on any atom is 0.374 e. The lowest BCUT2D eigenvalue weighted by Crippen LogP contribution is -2.43. The van der Waals surface area contributed by atoms with E-state index in [4.69, 9.17) is 13.9 Å². The summed E-state index contributed by atoms with van der Waals surface area (Å²) in [4.78, 5) is 60.7. The average Bonchev–Trinajstić information content (AvgIpc) is 3.35. The largest absolute Gasteiger partial charge is 0.481 e. The Morgan fingerprint density at radius 3 is 2.19 bits per heavy atom. The van der Waals surface area contributed by atoms with Crippen molar-refractivity contribution < 1.29 is 52.1 Å². The van der Waals surface area contributed by atoms with Gasteiger partial charge < -0.3 is 33.4 Å². The lowest BCUT2D eigenvalue weighted by atomic mass is 10.1. The SMILES string of the molecule is COC(=O)COc1cc(-c2ccc(C(=O)OC(C)(C)C)o2)ccc1C(=O)N[C@@H](CC(=O)OC)C(=O)OC. The molecule has 0 unspecified atom stereocenters. The maximum absolute atomic E-state index is 13.0. The van der Waals surface area contributed by atoms with Crippen LogP contribution in [0, 0.1) is 0 Å². The van der Waals surface area contributed by atoms with Gasteiger partial charge in [0, 0.05) is 5.56 Å². The maximum atomic E-state index is 13.0. The predicted octanol–water partition coefficient (Wildman–Crippen LogP) is 2.29. The summed E-state index contributed by atoms with van der Waals surface area (Å²) < 4.78 is 30.2. The first-order valence-corrected chi connectivity index (χ1v) is 11.0. The molecule has 0 aliphatic heterocycles. The molecule has 0 saturated heterocycles. The van der Waals surface area contributed by atoms with E-state index in [1.165, 1.54) is 37.4 Å². The van der Waals surface area contributed by atoms with Crippen molar-refractivity contribution in [3.05, 3.63) is 41.7 Å². The highest BCUT2D eigenvalue weighted by molar-refractivity contribution is 6.00. The van der Waals surface area contributed by atoms with E-state index in [0.717, 1.165) is 14.2 Å². The van der Waals surface area contributed by atoms with Crippen molar-refractivity contribution in [3.8, 4) is 17.1 Å². The number of nitrogens with one attached hydrogen (secondary N) is 1. The summed E-state index contributed by atoms with van der Waals surface area (Å²) in [5, 5.41) is 2.40. The first kappa shape index (κ1) is 28.9. The Hall–Kier alpha value is -4.35. The lowest BCUT2D eigenvalue weighted by molar-refractivity contribution is -0.149. The van der Waals surface area contributed by atoms with Crippen LogP contribution < -0.4 is 10.1 Å². The lowest BCUT2D eigenvalue weighted by Gasteiger charge is -2.18. The van der Waals surface area contributed by atoms with Crippen LogP contribution in [0.25, 0.3) is 11.3 Å². The number of ether oxygens (including phenoxy) is 5. The highest BCUT2D eigenvalue weighted by Gasteiger charge is 2.27. The van der Waals surface area contributed by atoms with Gasteiger partial charge in [-0.2, -0.15) is 0 Å². The number of hydrogen-bond acceptors (Lipinski definition) is 11. The Bertz CT molecular complexity index is 1160. The zero-order valence-electron chi connectivity index (χ0n) is 21.4. The van der Waals surface area contributed by atoms with Gasteiger partial charge in [-0.25, -0.2) is 14.4 Å². The van der Waals surface area contributed by atoms with E-state index in [2.05, 4.69) is 19.5 Å². The normalized spacial score (nSPS) is 11.6. The molecule has 12 heteroatoms. The number of hydrogen-bond donors (Lipinski definition) is 1. The van der Waals surface area contributed by atoms with Gasteiger partial charge >= 0.3 is 23.9 Å². The average molecular weight is 520 g/mol. The molecule has 1 aromatic carbocycles. The van der Waals surface area contributed by atoms with Gasteiger partial charge in [0.2, 0.25) is 5.76 Å². The summed E-state index contributed by atoms with van der Waals surface area (Å²) in [6.07, 6.45) is -0.467. The molecule has 1 aromatic heterocycles. The van der Waals surface area contributed by atoms with E-state index < -0.39 is 54.5 Å². The van der Waals surface area contributed by atoms with Gasteiger partial charge in [0.1, 0.15) is 23.2 Å². The summed E-state index contributed by atoms with van der Waals surface area (Å²) >= 11 is 0. The fourth-order valence-corrected chi connectivity index (χ4v) is 2.93. The zero-order valence-corrected chi connectivity index (χ0v) is 21.4. The minimum atomic E-state index is -1.33. The highest BCUT2D eigenvalue weighted by atomic mass is 16.6. The van der Waals surface area contributed by atoms with Crippen LogP contribution in [-0.4, -0.2) is 69.4 Å². The summed E-state index contributed by atoms with van der Waals surface area (Å²) in [7, 11) is 3.41. The van der Waals surface area contributed by atoms with Crippen LogP contribution in [0.5, 0.6) is 5.75 Å². The van der Waals surface area contributed by atoms with Gasteiger partial charge in [-0.15, -0.1) is 0 Å². The standard InChI is InChI=1S/C25H29NO11/c1-25(2,3)37-24(31)18-10-9-17(36-18)14-7-8-15(19(11-14)35-13-21(28)33-5)22(29)26-16(23(30)34-6)12-20(27)32-4/h7-11,16H,12-13H2,1-6H3,(H,26,29)/t16-/m0/s1. The van der Waals surface area contributed by atoms with Crippen molar-refractivity contribution in [2.45, 2.75) is 38.8 Å². The Kier molecular flexibility index (Phi) is 9.81. The molecule has 0 aliphatic rings. The number of furan rings is 1. The predicted molar refractivity (Wildman–Crippen MR) is 127 cm³/mol. The van der Waals surface area contributed by atoms with Crippen LogP contribution >= 0.6 is 0 Å². The summed E-state index contributed by atoms with van der Waals surface area (Å²) in [6, 6.07) is 5.90. The molecule has 1 N–H and O–H groups in total. The van der Waals surface area contributed by atoms with Gasteiger partial charge in [-0.05, 0) is 45.0 Å². The van der Waals surface area contributed by atoms with E-state index in [1.807, 2.05) is 0 Å². The molecule has 200 valence electrons. The molecule has 0 saturated carbocycles. The zero-order chi connectivity index (χ0) is 27.8. The molecule has 37 heavy (non-hydrogen) atoms. The number of benzene rings is 1. The van der Waals surface area contributed by atoms with Gasteiger partial charge in [0.15, 0.2) is 6.61 Å². The third-order valence-corrected chi connectivity index (χ3v) is 4.68. The van der Waals surface area contributed by atoms with E-state index in [0.29, 0.717) is 5.56 Å². The number of carbonyl (C=O) groups excluding carboxylic acids is 5. The molecule has 0 aliphatic carbocycles. The molecule has 1 amide bonds. The van der Waals surface area contributed by atoms with Crippen LogP contribution in [0.15, 0.2) is 34.7 Å². The second-order valence-corrected chi connectivity index (χ2v) is 8.57. The molecule has 2 aromatic rings. The molecular formula is C25H29NO11. The topological polar surface area (TPSA) is 157 Å². The smallest absolute Gasteiger partial charge is 0.374 e. The molecule has 0 fully saturated rings. The van der Waals surface area contributed by atoms with Gasteiger partial charge in [-0.3, -0.25) is 9.59 Å². The van der Waals surface area contributed by atoms with Crippen LogP contribution in [0.4, 0.5) is 0 Å². The van der Waals surface area contributed by atoms with E-state index in [9.17, 15) is 24.0 Å². The van der Waals surface area contributed by atoms with Crippen LogP contribution in [0.2, 0.25) is 0 Å². The summed E-state index contributed by atoms with van der Waals surface area (Å²) in [5.74, 6) is -3.60. The Balaban J connectivity index is 2.38. The summed E-state index contributed by atoms with van der Waals surface area (Å²) in [5.41, 5.74) is -0.375. The second-order valence-electron chi connectivity index (χ2n) is 8.57. The van der Waals surface area contributed by atoms with E-state index in [1.54, 1.807) is 20.8 Å². The van der Waals surface area contributed by atoms with Crippen molar-refractivity contribution in [2.75, 3.05) is 27.9 Å². The van der Waals surface area contributed by atoms with Crippen molar-refractivity contribution in [3.63, 3.8) is 0 Å². The number of rotatable bonds is 10. The first-order chi connectivity index (χ1) is 17.4. The summed E-state index contributed by atoms with van der Waals surface area (Å²) in [6.45, 7) is 4.64. The van der Waals surface area contributed by atoms with E-state index in [-0.39, 0.29) is 22.8 Å². The molecule has 0 spiro atoms. The molecule has 1 atom stereocenters. The third-order valence-electron chi connectivity index (χ3n) is 4.68. The van der Waals surface area contributed by atoms with Gasteiger partial charge in [0.05, 0.1) is 33.3 Å². The fraction of sp³-hybridized carbons (Fsp3) is 0.400. The third kappa shape index (κ3) is 8.37. The van der Waals surface area contributed by atoms with Crippen LogP contribution in [-0.2, 0) is 33.3 Å². The molecule has 2 rings (SSSR count). The van der Waals surface area contributed by atoms with Gasteiger partial charge in [-0.1, -0.05) is 6.07 Å². The molecule has 0 radical (unpaired) electrons. The van der Waals surface area contributed by atoms with Gasteiger partial charge in [0.25, 0.3) is 5.91 Å². The number of amides is 1. The second kappa shape index (κ2) is 12.6. The molecular weight excluding hydrogens is 490 g/mol. The van der Waals surface area contributed by atoms with Crippen LogP contribution in [0.3, 0.4) is 0 Å². The Morgan fingerprint density at radius 2 is 1.59 bits per heavy atom. The van der Waals surface area contributed by atoms with Crippen molar-refractivity contribution in [2.24, 2.45) is 0 Å². The Morgan fingerprint density at radius 1 is 0.919 bits per heavy atom. The Labute approximate surface area is 213 Å². The minimum Gasteiger partial charge on any atom is -0.481 e. The van der Waals surface area contributed by atoms with E-state index >= 15 is 0 Å². The van der Waals surface area contributed by atoms with Crippen molar-refractivity contribution in [1.29, 1.82) is 0 Å². The minimum absolute atomic E-state index is 0.0347.